The van der Waals surface area contributed by atoms with Gasteiger partial charge in [0.25, 0.3) is 0 Å². The Hall–Kier alpha value is -1.63. The molecule has 1 N–H and O–H groups in total. The van der Waals surface area contributed by atoms with Crippen LogP contribution in [0, 0.1) is 11.6 Å². The van der Waals surface area contributed by atoms with Crippen molar-refractivity contribution in [3.8, 4) is 0 Å². The molecule has 0 bridgehead atoms. The summed E-state index contributed by atoms with van der Waals surface area (Å²) in [5, 5.41) is 2.01. The largest absolute Gasteiger partial charge is 0.412 e. The van der Waals surface area contributed by atoms with Crippen LogP contribution >= 0.6 is 15.9 Å². The molecule has 0 heterocycles. The molecule has 7 heteroatoms. The molecule has 1 unspecified atom stereocenters. The highest BCUT2D eigenvalue weighted by Gasteiger charge is 2.41. The number of hydrogen-bond donors (Lipinski definition) is 1. The zero-order valence-corrected chi connectivity index (χ0v) is 12.0. The summed E-state index contributed by atoms with van der Waals surface area (Å²) in [5.74, 6) is -1.83. The van der Waals surface area contributed by atoms with Crippen molar-refractivity contribution in [3.63, 3.8) is 0 Å². The van der Waals surface area contributed by atoms with E-state index in [-0.39, 0.29) is 10.0 Å². The van der Waals surface area contributed by atoms with Gasteiger partial charge in [-0.15, -0.1) is 0 Å². The quantitative estimate of drug-likeness (QED) is 0.563. The first kappa shape index (κ1) is 15.8. The molecule has 0 aromatic heterocycles. The summed E-state index contributed by atoms with van der Waals surface area (Å²) in [6.45, 7) is 0. The lowest BCUT2D eigenvalue weighted by atomic mass is 10.1. The molecular weight excluding hydrogens is 357 g/mol. The van der Waals surface area contributed by atoms with Crippen LogP contribution in [0.3, 0.4) is 0 Å². The van der Waals surface area contributed by atoms with E-state index in [4.69, 9.17) is 0 Å². The maximum absolute atomic E-state index is 13.7. The second kappa shape index (κ2) is 6.01. The molecule has 0 aliphatic heterocycles. The van der Waals surface area contributed by atoms with Crippen LogP contribution in [0.5, 0.6) is 0 Å². The van der Waals surface area contributed by atoms with Crippen LogP contribution in [-0.2, 0) is 0 Å². The van der Waals surface area contributed by atoms with Crippen molar-refractivity contribution in [2.75, 3.05) is 5.32 Å². The van der Waals surface area contributed by atoms with Crippen molar-refractivity contribution in [2.45, 2.75) is 12.2 Å². The van der Waals surface area contributed by atoms with Gasteiger partial charge in [0.1, 0.15) is 17.7 Å². The predicted molar refractivity (Wildman–Crippen MR) is 72.9 cm³/mol. The minimum Gasteiger partial charge on any atom is -0.368 e. The zero-order valence-electron chi connectivity index (χ0n) is 10.4. The molecule has 2 aromatic rings. The molecule has 0 fully saturated rings. The summed E-state index contributed by atoms with van der Waals surface area (Å²) >= 11 is 2.77. The van der Waals surface area contributed by atoms with Gasteiger partial charge in [-0.1, -0.05) is 30.3 Å². The van der Waals surface area contributed by atoms with Gasteiger partial charge >= 0.3 is 6.18 Å². The summed E-state index contributed by atoms with van der Waals surface area (Å²) < 4.78 is 66.2. The van der Waals surface area contributed by atoms with E-state index in [0.29, 0.717) is 6.07 Å². The molecule has 0 amide bonds. The van der Waals surface area contributed by atoms with Gasteiger partial charge < -0.3 is 5.32 Å². The number of nitrogens with one attached hydrogen (secondary N) is 1. The van der Waals surface area contributed by atoms with E-state index >= 15 is 0 Å². The Bertz CT molecular complexity index is 627. The lowest BCUT2D eigenvalue weighted by Gasteiger charge is -2.23. The van der Waals surface area contributed by atoms with Crippen LogP contribution in [0.15, 0.2) is 46.9 Å². The Labute approximate surface area is 125 Å². The number of anilines is 1. The van der Waals surface area contributed by atoms with Crippen molar-refractivity contribution in [3.05, 3.63) is 64.1 Å². The normalized spacial score (nSPS) is 13.0. The average Bonchev–Trinajstić information content (AvgIpc) is 2.41. The topological polar surface area (TPSA) is 12.0 Å². The van der Waals surface area contributed by atoms with Crippen LogP contribution in [0.1, 0.15) is 11.6 Å². The van der Waals surface area contributed by atoms with Gasteiger partial charge in [0.15, 0.2) is 0 Å². The van der Waals surface area contributed by atoms with E-state index in [2.05, 4.69) is 15.9 Å². The van der Waals surface area contributed by atoms with E-state index in [9.17, 15) is 22.0 Å². The van der Waals surface area contributed by atoms with Crippen LogP contribution in [-0.4, -0.2) is 6.18 Å². The molecule has 1 atom stereocenters. The van der Waals surface area contributed by atoms with Crippen LogP contribution in [0.2, 0.25) is 0 Å². The molecule has 1 nitrogen and oxygen atoms in total. The van der Waals surface area contributed by atoms with Gasteiger partial charge in [0.05, 0.1) is 10.2 Å². The average molecular weight is 366 g/mol. The van der Waals surface area contributed by atoms with Crippen LogP contribution in [0.4, 0.5) is 27.6 Å². The smallest absolute Gasteiger partial charge is 0.368 e. The van der Waals surface area contributed by atoms with Gasteiger partial charge in [-0.3, -0.25) is 0 Å². The summed E-state index contributed by atoms with van der Waals surface area (Å²) in [6, 6.07) is 6.29. The number of hydrogen-bond acceptors (Lipinski definition) is 1. The van der Waals surface area contributed by atoms with Gasteiger partial charge in [0, 0.05) is 6.07 Å². The first-order chi connectivity index (χ1) is 9.79. The molecule has 0 saturated heterocycles. The fourth-order valence-electron chi connectivity index (χ4n) is 1.79. The molecule has 21 heavy (non-hydrogen) atoms. The molecule has 0 radical (unpaired) electrons. The maximum Gasteiger partial charge on any atom is 0.412 e. The minimum atomic E-state index is -4.66. The third-order valence-electron chi connectivity index (χ3n) is 2.77. The Kier molecular flexibility index (Phi) is 4.51. The molecule has 0 saturated carbocycles. The Morgan fingerprint density at radius 2 is 1.57 bits per heavy atom. The van der Waals surface area contributed by atoms with Crippen molar-refractivity contribution in [2.24, 2.45) is 0 Å². The molecular formula is C14H9BrF5N. The fourth-order valence-corrected chi connectivity index (χ4v) is 2.10. The first-order valence-corrected chi connectivity index (χ1v) is 6.61. The summed E-state index contributed by atoms with van der Waals surface area (Å²) in [7, 11) is 0. The molecule has 2 rings (SSSR count). The van der Waals surface area contributed by atoms with Crippen molar-refractivity contribution < 1.29 is 22.0 Å². The Balaban J connectivity index is 2.39. The Morgan fingerprint density at radius 3 is 2.14 bits per heavy atom. The second-order valence-electron chi connectivity index (χ2n) is 4.28. The number of halogens is 6. The van der Waals surface area contributed by atoms with E-state index in [1.807, 2.05) is 5.32 Å². The third-order valence-corrected chi connectivity index (χ3v) is 3.38. The lowest BCUT2D eigenvalue weighted by molar-refractivity contribution is -0.144. The van der Waals surface area contributed by atoms with E-state index in [1.54, 1.807) is 6.07 Å². The van der Waals surface area contributed by atoms with Crippen molar-refractivity contribution >= 4 is 21.6 Å². The van der Waals surface area contributed by atoms with Crippen LogP contribution in [0.25, 0.3) is 0 Å². The van der Waals surface area contributed by atoms with Gasteiger partial charge in [-0.2, -0.15) is 13.2 Å². The molecule has 0 aliphatic carbocycles. The molecule has 2 aromatic carbocycles. The lowest BCUT2D eigenvalue weighted by Crippen LogP contribution is -2.28. The fraction of sp³-hybridized carbons (Fsp3) is 0.143. The van der Waals surface area contributed by atoms with E-state index < -0.39 is 29.5 Å². The van der Waals surface area contributed by atoms with Crippen molar-refractivity contribution in [1.82, 2.24) is 0 Å². The molecule has 0 spiro atoms. The number of benzene rings is 2. The van der Waals surface area contributed by atoms with E-state index in [0.717, 1.165) is 6.07 Å². The maximum atomic E-state index is 13.7. The van der Waals surface area contributed by atoms with Gasteiger partial charge in [-0.25, -0.2) is 8.78 Å². The second-order valence-corrected chi connectivity index (χ2v) is 5.13. The zero-order chi connectivity index (χ0) is 15.6. The number of rotatable bonds is 3. The third kappa shape index (κ3) is 3.72. The van der Waals surface area contributed by atoms with Crippen molar-refractivity contribution in [1.29, 1.82) is 0 Å². The monoisotopic (exact) mass is 365 g/mol. The van der Waals surface area contributed by atoms with E-state index in [1.165, 1.54) is 24.3 Å². The highest BCUT2D eigenvalue weighted by atomic mass is 79.9. The summed E-state index contributed by atoms with van der Waals surface area (Å²) in [5.41, 5.74) is -0.644. The van der Waals surface area contributed by atoms with Crippen LogP contribution < -0.4 is 5.32 Å². The summed E-state index contributed by atoms with van der Waals surface area (Å²) in [6.07, 6.45) is -4.66. The highest BCUT2D eigenvalue weighted by Crippen LogP contribution is 2.36. The van der Waals surface area contributed by atoms with Gasteiger partial charge in [-0.05, 0) is 27.6 Å². The predicted octanol–water partition coefficient (Wildman–Crippen LogP) is 5.44. The first-order valence-electron chi connectivity index (χ1n) is 5.82. The number of alkyl halides is 3. The Morgan fingerprint density at radius 1 is 0.952 bits per heavy atom. The standard InChI is InChI=1S/C14H9BrF5N/c15-9-6-11(17)12(7-10(9)16)21-13(14(18,19)20)8-4-2-1-3-5-8/h1-7,13,21H. The minimum absolute atomic E-state index is 0.0901. The van der Waals surface area contributed by atoms with Gasteiger partial charge in [0.2, 0.25) is 0 Å². The molecule has 112 valence electrons. The summed E-state index contributed by atoms with van der Waals surface area (Å²) in [4.78, 5) is 0. The highest BCUT2D eigenvalue weighted by molar-refractivity contribution is 9.10. The SMILES string of the molecule is Fc1cc(NC(c2ccccc2)C(F)(F)F)c(F)cc1Br. The molecule has 0 aliphatic rings.